The zero-order chi connectivity index (χ0) is 25.5. The quantitative estimate of drug-likeness (QED) is 0.447. The normalized spacial score (nSPS) is 13.9. The number of nitrogens with one attached hydrogen (secondary N) is 1. The average Bonchev–Trinajstić information content (AvgIpc) is 3.39. The van der Waals surface area contributed by atoms with E-state index in [2.05, 4.69) is 22.3 Å². The van der Waals surface area contributed by atoms with E-state index < -0.39 is 15.9 Å². The van der Waals surface area contributed by atoms with Crippen molar-refractivity contribution in [3.05, 3.63) is 89.5 Å². The molecule has 1 amide bonds. The van der Waals surface area contributed by atoms with Crippen LogP contribution in [0, 0.1) is 6.92 Å². The number of amides is 1. The molecule has 1 aliphatic rings. The molecule has 36 heavy (non-hydrogen) atoms. The number of aryl methyl sites for hydroxylation is 1. The van der Waals surface area contributed by atoms with E-state index in [9.17, 15) is 13.2 Å². The van der Waals surface area contributed by atoms with Crippen molar-refractivity contribution in [2.24, 2.45) is 0 Å². The first kappa shape index (κ1) is 25.7. The third kappa shape index (κ3) is 6.25. The van der Waals surface area contributed by atoms with Crippen LogP contribution < -0.4 is 14.4 Å². The summed E-state index contributed by atoms with van der Waals surface area (Å²) in [6.45, 7) is 4.98. The second-order valence-corrected chi connectivity index (χ2v) is 10.9. The zero-order valence-corrected chi connectivity index (χ0v) is 21.6. The van der Waals surface area contributed by atoms with E-state index in [-0.39, 0.29) is 11.4 Å². The van der Waals surface area contributed by atoms with Gasteiger partial charge in [0.05, 0.1) is 17.7 Å². The van der Waals surface area contributed by atoms with Crippen LogP contribution in [-0.4, -0.2) is 46.0 Å². The first-order chi connectivity index (χ1) is 17.4. The molecular weight excluding hydrogens is 474 g/mol. The van der Waals surface area contributed by atoms with Gasteiger partial charge in [0, 0.05) is 13.1 Å². The van der Waals surface area contributed by atoms with Gasteiger partial charge >= 0.3 is 0 Å². The number of carbonyl (C=O) groups is 1. The topological polar surface area (TPSA) is 79.0 Å². The molecular formula is C28H33N3O4S. The highest BCUT2D eigenvalue weighted by molar-refractivity contribution is 7.92. The number of methoxy groups -OCH3 is 1. The second kappa shape index (κ2) is 11.6. The molecule has 0 atom stereocenters. The van der Waals surface area contributed by atoms with Crippen LogP contribution in [0.1, 0.15) is 29.5 Å². The predicted octanol–water partition coefficient (Wildman–Crippen LogP) is 4.11. The number of anilines is 1. The molecule has 190 valence electrons. The molecule has 0 aliphatic carbocycles. The van der Waals surface area contributed by atoms with E-state index in [0.29, 0.717) is 18.0 Å². The minimum Gasteiger partial charge on any atom is -0.495 e. The standard InChI is InChI=1S/C28H33N3O4S/c1-22-12-14-25(15-13-22)36(33,34)31(26-10-3-4-11-27(26)35-2)21-28(32)29-19-23-8-7-9-24(18-23)20-30-16-5-6-17-30/h3-4,7-15,18H,5-6,16-17,19-21H2,1-2H3,(H,29,32). The molecule has 1 N–H and O–H groups in total. The van der Waals surface area contributed by atoms with Gasteiger partial charge in [-0.2, -0.15) is 0 Å². The lowest BCUT2D eigenvalue weighted by atomic mass is 10.1. The minimum atomic E-state index is -4.01. The second-order valence-electron chi connectivity index (χ2n) is 9.08. The van der Waals surface area contributed by atoms with E-state index in [4.69, 9.17) is 4.74 Å². The van der Waals surface area contributed by atoms with Crippen molar-refractivity contribution in [2.45, 2.75) is 37.8 Å². The van der Waals surface area contributed by atoms with Crippen LogP contribution in [0.4, 0.5) is 5.69 Å². The van der Waals surface area contributed by atoms with Gasteiger partial charge in [-0.15, -0.1) is 0 Å². The van der Waals surface area contributed by atoms with E-state index in [0.717, 1.165) is 35.1 Å². The van der Waals surface area contributed by atoms with Crippen molar-refractivity contribution in [3.63, 3.8) is 0 Å². The number of rotatable bonds is 10. The van der Waals surface area contributed by atoms with Gasteiger partial charge in [0.2, 0.25) is 5.91 Å². The molecule has 1 fully saturated rings. The largest absolute Gasteiger partial charge is 0.495 e. The summed E-state index contributed by atoms with van der Waals surface area (Å²) in [5.74, 6) is -0.0304. The van der Waals surface area contributed by atoms with E-state index in [1.807, 2.05) is 19.1 Å². The molecule has 1 aliphatic heterocycles. The minimum absolute atomic E-state index is 0.112. The molecule has 0 spiro atoms. The summed E-state index contributed by atoms with van der Waals surface area (Å²) in [7, 11) is -2.54. The molecule has 7 nitrogen and oxygen atoms in total. The van der Waals surface area contributed by atoms with Crippen molar-refractivity contribution in [1.82, 2.24) is 10.2 Å². The fourth-order valence-corrected chi connectivity index (χ4v) is 5.83. The Hall–Kier alpha value is -3.36. The van der Waals surface area contributed by atoms with Gasteiger partial charge in [0.1, 0.15) is 12.3 Å². The van der Waals surface area contributed by atoms with Gasteiger partial charge in [-0.3, -0.25) is 14.0 Å². The lowest BCUT2D eigenvalue weighted by molar-refractivity contribution is -0.119. The SMILES string of the molecule is COc1ccccc1N(CC(=O)NCc1cccc(CN2CCCC2)c1)S(=O)(=O)c1ccc(C)cc1. The van der Waals surface area contributed by atoms with E-state index in [1.165, 1.54) is 25.5 Å². The van der Waals surface area contributed by atoms with Crippen molar-refractivity contribution in [3.8, 4) is 5.75 Å². The maximum atomic E-state index is 13.6. The average molecular weight is 508 g/mol. The number of hydrogen-bond donors (Lipinski definition) is 1. The molecule has 8 heteroatoms. The Morgan fingerprint density at radius 1 is 0.972 bits per heavy atom. The molecule has 0 unspecified atom stereocenters. The highest BCUT2D eigenvalue weighted by Crippen LogP contribution is 2.32. The van der Waals surface area contributed by atoms with Gasteiger partial charge < -0.3 is 10.1 Å². The smallest absolute Gasteiger partial charge is 0.264 e. The van der Waals surface area contributed by atoms with Crippen LogP contribution in [0.25, 0.3) is 0 Å². The molecule has 0 aromatic heterocycles. The van der Waals surface area contributed by atoms with Crippen LogP contribution in [0.15, 0.2) is 77.7 Å². The van der Waals surface area contributed by atoms with Crippen LogP contribution >= 0.6 is 0 Å². The van der Waals surface area contributed by atoms with Crippen molar-refractivity contribution in [1.29, 1.82) is 0 Å². The summed E-state index contributed by atoms with van der Waals surface area (Å²) in [5.41, 5.74) is 3.44. The van der Waals surface area contributed by atoms with Gasteiger partial charge in [0.25, 0.3) is 10.0 Å². The Kier molecular flexibility index (Phi) is 8.28. The molecule has 3 aromatic rings. The van der Waals surface area contributed by atoms with E-state index >= 15 is 0 Å². The molecule has 0 bridgehead atoms. The van der Waals surface area contributed by atoms with E-state index in [1.54, 1.807) is 48.5 Å². The first-order valence-electron chi connectivity index (χ1n) is 12.2. The Balaban J connectivity index is 1.51. The zero-order valence-electron chi connectivity index (χ0n) is 20.8. The molecule has 0 saturated carbocycles. The van der Waals surface area contributed by atoms with Gasteiger partial charge in [-0.05, 0) is 68.2 Å². The number of carbonyl (C=O) groups excluding carboxylic acids is 1. The molecule has 4 rings (SSSR count). The molecule has 1 saturated heterocycles. The van der Waals surface area contributed by atoms with Gasteiger partial charge in [-0.25, -0.2) is 8.42 Å². The van der Waals surface area contributed by atoms with Crippen LogP contribution in [0.3, 0.4) is 0 Å². The number of ether oxygens (including phenoxy) is 1. The lowest BCUT2D eigenvalue weighted by Crippen LogP contribution is -2.40. The summed E-state index contributed by atoms with van der Waals surface area (Å²) < 4.78 is 33.8. The summed E-state index contributed by atoms with van der Waals surface area (Å²) in [6, 6.07) is 21.5. The van der Waals surface area contributed by atoms with Crippen molar-refractivity contribution >= 4 is 21.6 Å². The maximum Gasteiger partial charge on any atom is 0.264 e. The predicted molar refractivity (Wildman–Crippen MR) is 142 cm³/mol. The monoisotopic (exact) mass is 507 g/mol. The van der Waals surface area contributed by atoms with Crippen LogP contribution in [0.2, 0.25) is 0 Å². The number of nitrogens with zero attached hydrogens (tertiary/aromatic N) is 2. The summed E-state index contributed by atoms with van der Waals surface area (Å²) in [4.78, 5) is 15.6. The summed E-state index contributed by atoms with van der Waals surface area (Å²) in [6.07, 6.45) is 2.48. The van der Waals surface area contributed by atoms with Crippen molar-refractivity contribution in [2.75, 3.05) is 31.0 Å². The number of likely N-dealkylation sites (tertiary alicyclic amines) is 1. The van der Waals surface area contributed by atoms with Gasteiger partial charge in [0.15, 0.2) is 0 Å². The fourth-order valence-electron chi connectivity index (χ4n) is 4.40. The molecule has 0 radical (unpaired) electrons. The Morgan fingerprint density at radius 3 is 2.39 bits per heavy atom. The first-order valence-corrected chi connectivity index (χ1v) is 13.6. The number of benzene rings is 3. The third-order valence-electron chi connectivity index (χ3n) is 6.34. The number of para-hydroxylation sites is 2. The highest BCUT2D eigenvalue weighted by Gasteiger charge is 2.29. The van der Waals surface area contributed by atoms with Crippen LogP contribution in [-0.2, 0) is 27.9 Å². The Morgan fingerprint density at radius 2 is 1.67 bits per heavy atom. The van der Waals surface area contributed by atoms with Crippen molar-refractivity contribution < 1.29 is 17.9 Å². The Labute approximate surface area is 213 Å². The highest BCUT2D eigenvalue weighted by atomic mass is 32.2. The number of hydrogen-bond acceptors (Lipinski definition) is 5. The fraction of sp³-hybridized carbons (Fsp3) is 0.321. The van der Waals surface area contributed by atoms with Gasteiger partial charge in [-0.1, -0.05) is 54.1 Å². The number of sulfonamides is 1. The molecule has 3 aromatic carbocycles. The van der Waals surface area contributed by atoms with Crippen LogP contribution in [0.5, 0.6) is 5.75 Å². The summed E-state index contributed by atoms with van der Waals surface area (Å²) >= 11 is 0. The third-order valence-corrected chi connectivity index (χ3v) is 8.11. The maximum absolute atomic E-state index is 13.6. The summed E-state index contributed by atoms with van der Waals surface area (Å²) in [5, 5.41) is 2.89. The molecule has 1 heterocycles. The Bertz CT molecular complexity index is 1290. The lowest BCUT2D eigenvalue weighted by Gasteiger charge is -2.25.